The van der Waals surface area contributed by atoms with Crippen LogP contribution in [0.15, 0.2) is 91.0 Å². The molecule has 0 bridgehead atoms. The number of benzene rings is 4. The molecular weight excluding hydrogens is 458 g/mol. The van der Waals surface area contributed by atoms with Gasteiger partial charge in [-0.15, -0.1) is 0 Å². The molecule has 2 N–H and O–H groups in total. The number of hydrogen-bond donors (Lipinski definition) is 2. The number of anilines is 3. The molecule has 4 aromatic carbocycles. The lowest BCUT2D eigenvalue weighted by molar-refractivity contribution is 0.0985. The Bertz CT molecular complexity index is 1420. The van der Waals surface area contributed by atoms with E-state index in [1.807, 2.05) is 61.5 Å². The zero-order valence-electron chi connectivity index (χ0n) is 19.2. The van der Waals surface area contributed by atoms with Crippen molar-refractivity contribution in [2.24, 2.45) is 0 Å². The van der Waals surface area contributed by atoms with Crippen LogP contribution in [-0.4, -0.2) is 11.9 Å². The van der Waals surface area contributed by atoms with Crippen molar-refractivity contribution in [3.8, 4) is 0 Å². The van der Waals surface area contributed by atoms with Crippen LogP contribution in [0.5, 0.6) is 0 Å². The molecule has 0 radical (unpaired) electrons. The molecule has 5 nitrogen and oxygen atoms in total. The quantitative estimate of drug-likeness (QED) is 0.329. The summed E-state index contributed by atoms with van der Waals surface area (Å²) in [6.45, 7) is 2.41. The molecule has 0 spiro atoms. The normalized spacial score (nSPS) is 12.2. The van der Waals surface area contributed by atoms with Crippen LogP contribution in [0.2, 0.25) is 5.02 Å². The summed E-state index contributed by atoms with van der Waals surface area (Å²) in [5.41, 5.74) is 7.03. The van der Waals surface area contributed by atoms with E-state index in [1.165, 1.54) is 5.56 Å². The van der Waals surface area contributed by atoms with Crippen LogP contribution < -0.4 is 15.5 Å². The molecule has 3 amide bonds. The molecule has 1 aliphatic heterocycles. The number of fused-ring (bicyclic) bond motifs is 2. The highest BCUT2D eigenvalue weighted by Crippen LogP contribution is 2.33. The molecule has 1 heterocycles. The predicted molar refractivity (Wildman–Crippen MR) is 141 cm³/mol. The number of carbonyl (C=O) groups is 2. The van der Waals surface area contributed by atoms with E-state index in [0.29, 0.717) is 29.2 Å². The SMILES string of the molecule is Cc1ccccc1NC(=O)Nc1ccc(C(=O)N2Cc3ccccc3Cc3cc(Cl)ccc32)cc1. The highest BCUT2D eigenvalue weighted by atomic mass is 35.5. The van der Waals surface area contributed by atoms with Gasteiger partial charge in [0.1, 0.15) is 0 Å². The zero-order valence-corrected chi connectivity index (χ0v) is 20.0. The lowest BCUT2D eigenvalue weighted by Crippen LogP contribution is -2.30. The molecular formula is C29H24ClN3O2. The molecule has 174 valence electrons. The fourth-order valence-corrected chi connectivity index (χ4v) is 4.53. The Hall–Kier alpha value is -4.09. The molecule has 0 fully saturated rings. The molecule has 0 atom stereocenters. The van der Waals surface area contributed by atoms with Crippen molar-refractivity contribution in [2.45, 2.75) is 19.9 Å². The second-order valence-corrected chi connectivity index (χ2v) is 9.02. The molecule has 1 aliphatic rings. The molecule has 0 aromatic heterocycles. The minimum absolute atomic E-state index is 0.110. The first-order valence-corrected chi connectivity index (χ1v) is 11.8. The van der Waals surface area contributed by atoms with Gasteiger partial charge in [0.25, 0.3) is 5.91 Å². The van der Waals surface area contributed by atoms with Gasteiger partial charge >= 0.3 is 6.03 Å². The molecule has 0 aliphatic carbocycles. The maximum atomic E-state index is 13.6. The number of nitrogens with one attached hydrogen (secondary N) is 2. The molecule has 5 rings (SSSR count). The number of aryl methyl sites for hydroxylation is 1. The largest absolute Gasteiger partial charge is 0.323 e. The molecule has 0 saturated heterocycles. The minimum atomic E-state index is -0.340. The topological polar surface area (TPSA) is 61.4 Å². The Balaban J connectivity index is 1.36. The van der Waals surface area contributed by atoms with Crippen molar-refractivity contribution < 1.29 is 9.59 Å². The summed E-state index contributed by atoms with van der Waals surface area (Å²) in [6, 6.07) is 28.0. The van der Waals surface area contributed by atoms with Crippen LogP contribution in [-0.2, 0) is 13.0 Å². The first-order chi connectivity index (χ1) is 17.0. The summed E-state index contributed by atoms with van der Waals surface area (Å²) >= 11 is 6.28. The smallest absolute Gasteiger partial charge is 0.308 e. The Labute approximate surface area is 209 Å². The third kappa shape index (κ3) is 4.91. The fourth-order valence-electron chi connectivity index (χ4n) is 4.33. The Morgan fingerprint density at radius 2 is 1.51 bits per heavy atom. The van der Waals surface area contributed by atoms with Crippen LogP contribution >= 0.6 is 11.6 Å². The molecule has 6 heteroatoms. The van der Waals surface area contributed by atoms with E-state index in [9.17, 15) is 9.59 Å². The van der Waals surface area contributed by atoms with Crippen molar-refractivity contribution in [1.29, 1.82) is 0 Å². The average molecular weight is 482 g/mol. The monoisotopic (exact) mass is 481 g/mol. The number of rotatable bonds is 3. The number of amides is 3. The van der Waals surface area contributed by atoms with Crippen molar-refractivity contribution in [3.63, 3.8) is 0 Å². The van der Waals surface area contributed by atoms with E-state index in [0.717, 1.165) is 28.1 Å². The van der Waals surface area contributed by atoms with E-state index in [-0.39, 0.29) is 11.9 Å². The van der Waals surface area contributed by atoms with Gasteiger partial charge in [-0.2, -0.15) is 0 Å². The summed E-state index contributed by atoms with van der Waals surface area (Å²) in [5, 5.41) is 6.31. The summed E-state index contributed by atoms with van der Waals surface area (Å²) in [7, 11) is 0. The van der Waals surface area contributed by atoms with Crippen molar-refractivity contribution in [2.75, 3.05) is 15.5 Å². The van der Waals surface area contributed by atoms with Gasteiger partial charge in [-0.1, -0.05) is 54.1 Å². The van der Waals surface area contributed by atoms with E-state index >= 15 is 0 Å². The molecule has 35 heavy (non-hydrogen) atoms. The van der Waals surface area contributed by atoms with Crippen molar-refractivity contribution in [3.05, 3.63) is 124 Å². The zero-order chi connectivity index (χ0) is 24.4. The van der Waals surface area contributed by atoms with Crippen molar-refractivity contribution in [1.82, 2.24) is 0 Å². The molecule has 0 unspecified atom stereocenters. The van der Waals surface area contributed by atoms with Gasteiger partial charge in [-0.3, -0.25) is 4.79 Å². The summed E-state index contributed by atoms with van der Waals surface area (Å²) in [5.74, 6) is -0.110. The lowest BCUT2D eigenvalue weighted by Gasteiger charge is -2.24. The molecule has 4 aromatic rings. The number of urea groups is 1. The molecule has 0 saturated carbocycles. The lowest BCUT2D eigenvalue weighted by atomic mass is 10.0. The van der Waals surface area contributed by atoms with Gasteiger partial charge in [0.2, 0.25) is 0 Å². The van der Waals surface area contributed by atoms with Crippen LogP contribution in [0.25, 0.3) is 0 Å². The number of hydrogen-bond acceptors (Lipinski definition) is 2. The van der Waals surface area contributed by atoms with E-state index < -0.39 is 0 Å². The third-order valence-corrected chi connectivity index (χ3v) is 6.42. The second kappa shape index (κ2) is 9.65. The Morgan fingerprint density at radius 3 is 2.29 bits per heavy atom. The Morgan fingerprint density at radius 1 is 0.800 bits per heavy atom. The average Bonchev–Trinajstić information content (AvgIpc) is 3.01. The standard InChI is InChI=1S/C29H24ClN3O2/c1-19-6-2-5-9-26(19)32-29(35)31-25-13-10-20(11-14-25)28(34)33-18-22-8-4-3-7-21(22)16-23-17-24(30)12-15-27(23)33/h2-15,17H,16,18H2,1H3,(H2,31,32,35). The van der Waals surface area contributed by atoms with Crippen LogP contribution in [0, 0.1) is 6.92 Å². The van der Waals surface area contributed by atoms with Gasteiger partial charge in [0, 0.05) is 27.6 Å². The predicted octanol–water partition coefficient (Wildman–Crippen LogP) is 7.04. The van der Waals surface area contributed by atoms with E-state index in [4.69, 9.17) is 11.6 Å². The van der Waals surface area contributed by atoms with Gasteiger partial charge < -0.3 is 15.5 Å². The van der Waals surface area contributed by atoms with Gasteiger partial charge in [0.15, 0.2) is 0 Å². The Kier molecular flexibility index (Phi) is 6.25. The number of halogens is 1. The minimum Gasteiger partial charge on any atom is -0.308 e. The number of nitrogens with zero attached hydrogens (tertiary/aromatic N) is 1. The highest BCUT2D eigenvalue weighted by molar-refractivity contribution is 6.30. The van der Waals surface area contributed by atoms with Crippen LogP contribution in [0.1, 0.15) is 32.6 Å². The summed E-state index contributed by atoms with van der Waals surface area (Å²) in [6.07, 6.45) is 0.717. The second-order valence-electron chi connectivity index (χ2n) is 8.58. The van der Waals surface area contributed by atoms with Gasteiger partial charge in [-0.05, 0) is 84.1 Å². The van der Waals surface area contributed by atoms with Gasteiger partial charge in [-0.25, -0.2) is 4.79 Å². The van der Waals surface area contributed by atoms with E-state index in [1.54, 1.807) is 29.2 Å². The van der Waals surface area contributed by atoms with Gasteiger partial charge in [0.05, 0.1) is 6.54 Å². The maximum absolute atomic E-state index is 13.6. The fraction of sp³-hybridized carbons (Fsp3) is 0.103. The number of para-hydroxylation sites is 1. The van der Waals surface area contributed by atoms with Crippen LogP contribution in [0.3, 0.4) is 0 Å². The van der Waals surface area contributed by atoms with Crippen LogP contribution in [0.4, 0.5) is 21.9 Å². The first kappa shape index (κ1) is 22.7. The third-order valence-electron chi connectivity index (χ3n) is 6.19. The maximum Gasteiger partial charge on any atom is 0.323 e. The van der Waals surface area contributed by atoms with Crippen molar-refractivity contribution >= 4 is 40.6 Å². The highest BCUT2D eigenvalue weighted by Gasteiger charge is 2.25. The van der Waals surface area contributed by atoms with E-state index in [2.05, 4.69) is 22.8 Å². The summed E-state index contributed by atoms with van der Waals surface area (Å²) in [4.78, 5) is 27.8. The summed E-state index contributed by atoms with van der Waals surface area (Å²) < 4.78 is 0. The number of carbonyl (C=O) groups excluding carboxylic acids is 2. The first-order valence-electron chi connectivity index (χ1n) is 11.4.